The predicted octanol–water partition coefficient (Wildman–Crippen LogP) is 3.95. The van der Waals surface area contributed by atoms with Gasteiger partial charge in [-0.25, -0.2) is 12.7 Å². The van der Waals surface area contributed by atoms with E-state index < -0.39 is 10.0 Å². The van der Waals surface area contributed by atoms with Crippen molar-refractivity contribution >= 4 is 32.5 Å². The topological polar surface area (TPSA) is 91.5 Å². The zero-order valence-electron chi connectivity index (χ0n) is 17.6. The highest BCUT2D eigenvalue weighted by atomic mass is 32.2. The van der Waals surface area contributed by atoms with E-state index in [1.165, 1.54) is 20.2 Å². The van der Waals surface area contributed by atoms with Crippen LogP contribution in [0.3, 0.4) is 0 Å². The summed E-state index contributed by atoms with van der Waals surface area (Å²) in [6.45, 7) is 4.12. The average Bonchev–Trinajstić information content (AvgIpc) is 3.13. The number of rotatable bonds is 8. The molecule has 7 nitrogen and oxygen atoms in total. The smallest absolute Gasteiger partial charge is 0.246 e. The summed E-state index contributed by atoms with van der Waals surface area (Å²) in [6, 6.07) is 12.6. The zero-order valence-corrected chi connectivity index (χ0v) is 18.4. The van der Waals surface area contributed by atoms with Gasteiger partial charge in [0.25, 0.3) is 0 Å². The molecule has 2 aromatic carbocycles. The van der Waals surface area contributed by atoms with E-state index in [0.717, 1.165) is 20.8 Å². The van der Waals surface area contributed by atoms with E-state index in [4.69, 9.17) is 4.74 Å². The van der Waals surface area contributed by atoms with E-state index in [1.54, 1.807) is 19.1 Å². The van der Waals surface area contributed by atoms with Crippen LogP contribution in [0.2, 0.25) is 0 Å². The molecule has 2 N–H and O–H groups in total. The molecule has 3 rings (SSSR count). The number of ether oxygens (including phenoxy) is 1. The first-order valence-electron chi connectivity index (χ1n) is 9.79. The summed E-state index contributed by atoms with van der Waals surface area (Å²) in [7, 11) is -0.803. The summed E-state index contributed by atoms with van der Waals surface area (Å²) in [5, 5.41) is 3.91. The summed E-state index contributed by atoms with van der Waals surface area (Å²) >= 11 is 0. The lowest BCUT2D eigenvalue weighted by atomic mass is 9.97. The van der Waals surface area contributed by atoms with Crippen LogP contribution >= 0.6 is 0 Å². The van der Waals surface area contributed by atoms with Crippen molar-refractivity contribution in [1.29, 1.82) is 0 Å². The van der Waals surface area contributed by atoms with Gasteiger partial charge in [0, 0.05) is 43.3 Å². The SMILES string of the molecule is CCOc1ccc(NC(=O)CC(C)c2c[nH]c3ccccc23)cc1S(=O)(=O)N(C)C. The van der Waals surface area contributed by atoms with Gasteiger partial charge in [-0.2, -0.15) is 0 Å². The number of sulfonamides is 1. The second kappa shape index (κ2) is 8.89. The Kier molecular flexibility index (Phi) is 6.48. The number of amides is 1. The van der Waals surface area contributed by atoms with E-state index in [9.17, 15) is 13.2 Å². The molecule has 0 fully saturated rings. The Labute approximate surface area is 177 Å². The molecule has 160 valence electrons. The molecule has 1 atom stereocenters. The average molecular weight is 430 g/mol. The number of carbonyl (C=O) groups excluding carboxylic acids is 1. The van der Waals surface area contributed by atoms with E-state index in [2.05, 4.69) is 10.3 Å². The molecule has 0 saturated carbocycles. The maximum atomic E-state index is 12.7. The van der Waals surface area contributed by atoms with Gasteiger partial charge in [0.1, 0.15) is 10.6 Å². The predicted molar refractivity (Wildman–Crippen MR) is 118 cm³/mol. The van der Waals surface area contributed by atoms with Crippen LogP contribution in [0.15, 0.2) is 53.6 Å². The minimum absolute atomic E-state index is 0.00572. The van der Waals surface area contributed by atoms with E-state index in [-0.39, 0.29) is 28.9 Å². The van der Waals surface area contributed by atoms with Crippen LogP contribution in [-0.2, 0) is 14.8 Å². The monoisotopic (exact) mass is 429 g/mol. The highest BCUT2D eigenvalue weighted by Crippen LogP contribution is 2.31. The summed E-state index contributed by atoms with van der Waals surface area (Å²) in [4.78, 5) is 15.9. The second-order valence-corrected chi connectivity index (χ2v) is 9.45. The fourth-order valence-corrected chi connectivity index (χ4v) is 4.41. The third-order valence-electron chi connectivity index (χ3n) is 4.93. The van der Waals surface area contributed by atoms with Crippen LogP contribution in [0.5, 0.6) is 5.75 Å². The lowest BCUT2D eigenvalue weighted by Gasteiger charge is -2.17. The largest absolute Gasteiger partial charge is 0.492 e. The number of nitrogens with one attached hydrogen (secondary N) is 2. The van der Waals surface area contributed by atoms with Crippen molar-refractivity contribution < 1.29 is 17.9 Å². The number of nitrogens with zero attached hydrogens (tertiary/aromatic N) is 1. The molecule has 0 spiro atoms. The van der Waals surface area contributed by atoms with Crippen LogP contribution in [0.4, 0.5) is 5.69 Å². The highest BCUT2D eigenvalue weighted by Gasteiger charge is 2.23. The first kappa shape index (κ1) is 21.9. The summed E-state index contributed by atoms with van der Waals surface area (Å²) < 4.78 is 31.9. The molecule has 3 aromatic rings. The van der Waals surface area contributed by atoms with Crippen molar-refractivity contribution in [3.8, 4) is 5.75 Å². The first-order chi connectivity index (χ1) is 14.2. The molecule has 0 aliphatic rings. The van der Waals surface area contributed by atoms with Crippen molar-refractivity contribution in [1.82, 2.24) is 9.29 Å². The Morgan fingerprint density at radius 2 is 1.93 bits per heavy atom. The molecule has 0 aliphatic carbocycles. The maximum absolute atomic E-state index is 12.7. The van der Waals surface area contributed by atoms with Gasteiger partial charge in [-0.05, 0) is 42.7 Å². The zero-order chi connectivity index (χ0) is 21.9. The molecular formula is C22H27N3O4S. The Hall–Kier alpha value is -2.84. The van der Waals surface area contributed by atoms with Crippen molar-refractivity contribution in [2.45, 2.75) is 31.1 Å². The van der Waals surface area contributed by atoms with Crippen LogP contribution in [0.1, 0.15) is 31.7 Å². The molecule has 30 heavy (non-hydrogen) atoms. The number of carbonyl (C=O) groups is 1. The number of anilines is 1. The summed E-state index contributed by atoms with van der Waals surface area (Å²) in [5.41, 5.74) is 2.52. The van der Waals surface area contributed by atoms with Gasteiger partial charge in [-0.3, -0.25) is 4.79 Å². The maximum Gasteiger partial charge on any atom is 0.246 e. The number of hydrogen-bond donors (Lipinski definition) is 2. The van der Waals surface area contributed by atoms with Crippen LogP contribution in [0, 0.1) is 0 Å². The Morgan fingerprint density at radius 3 is 2.63 bits per heavy atom. The number of hydrogen-bond acceptors (Lipinski definition) is 4. The Bertz CT molecular complexity index is 1150. The number of benzene rings is 2. The van der Waals surface area contributed by atoms with E-state index >= 15 is 0 Å². The summed E-state index contributed by atoms with van der Waals surface area (Å²) in [6.07, 6.45) is 2.20. The van der Waals surface area contributed by atoms with Crippen molar-refractivity contribution in [2.24, 2.45) is 0 Å². The molecule has 0 bridgehead atoms. The Balaban J connectivity index is 1.79. The third-order valence-corrected chi connectivity index (χ3v) is 6.77. The molecule has 1 heterocycles. The van der Waals surface area contributed by atoms with Gasteiger partial charge in [-0.1, -0.05) is 25.1 Å². The molecule has 0 radical (unpaired) electrons. The van der Waals surface area contributed by atoms with Crippen molar-refractivity contribution in [3.05, 3.63) is 54.2 Å². The number of aromatic nitrogens is 1. The van der Waals surface area contributed by atoms with Crippen LogP contribution < -0.4 is 10.1 Å². The van der Waals surface area contributed by atoms with Crippen LogP contribution in [0.25, 0.3) is 10.9 Å². The molecule has 1 aromatic heterocycles. The van der Waals surface area contributed by atoms with Gasteiger partial charge < -0.3 is 15.0 Å². The lowest BCUT2D eigenvalue weighted by Crippen LogP contribution is -2.23. The van der Waals surface area contributed by atoms with E-state index in [1.807, 2.05) is 37.4 Å². The number of H-pyrrole nitrogens is 1. The molecule has 8 heteroatoms. The van der Waals surface area contributed by atoms with E-state index in [0.29, 0.717) is 12.3 Å². The van der Waals surface area contributed by atoms with Gasteiger partial charge in [-0.15, -0.1) is 0 Å². The standard InChI is InChI=1S/C22H27N3O4S/c1-5-29-20-11-10-16(13-21(20)30(27,28)25(3)4)24-22(26)12-15(2)18-14-23-19-9-7-6-8-17(18)19/h6-11,13-15,23H,5,12H2,1-4H3,(H,24,26). The first-order valence-corrected chi connectivity index (χ1v) is 11.2. The minimum Gasteiger partial charge on any atom is -0.492 e. The Morgan fingerprint density at radius 1 is 1.20 bits per heavy atom. The molecular weight excluding hydrogens is 402 g/mol. The molecule has 1 amide bonds. The molecule has 0 saturated heterocycles. The van der Waals surface area contributed by atoms with Gasteiger partial charge in [0.2, 0.25) is 15.9 Å². The van der Waals surface area contributed by atoms with Gasteiger partial charge in [0.05, 0.1) is 6.61 Å². The minimum atomic E-state index is -3.72. The van der Waals surface area contributed by atoms with Crippen molar-refractivity contribution in [3.63, 3.8) is 0 Å². The lowest BCUT2D eigenvalue weighted by molar-refractivity contribution is -0.116. The third kappa shape index (κ3) is 4.49. The van der Waals surface area contributed by atoms with Gasteiger partial charge >= 0.3 is 0 Å². The second-order valence-electron chi connectivity index (χ2n) is 7.32. The molecule has 0 aliphatic heterocycles. The quantitative estimate of drug-likeness (QED) is 0.567. The molecule has 1 unspecified atom stereocenters. The van der Waals surface area contributed by atoms with Crippen LogP contribution in [-0.4, -0.2) is 44.3 Å². The van der Waals surface area contributed by atoms with Gasteiger partial charge in [0.15, 0.2) is 0 Å². The fraction of sp³-hybridized carbons (Fsp3) is 0.318. The highest BCUT2D eigenvalue weighted by molar-refractivity contribution is 7.89. The number of aromatic amines is 1. The number of fused-ring (bicyclic) bond motifs is 1. The normalized spacial score (nSPS) is 12.8. The van der Waals surface area contributed by atoms with Crippen molar-refractivity contribution in [2.75, 3.05) is 26.0 Å². The number of para-hydroxylation sites is 1. The summed E-state index contributed by atoms with van der Waals surface area (Å²) in [5.74, 6) is 0.0651. The fourth-order valence-electron chi connectivity index (χ4n) is 3.36.